The van der Waals surface area contributed by atoms with Crippen LogP contribution in [0.5, 0.6) is 0 Å². The lowest BCUT2D eigenvalue weighted by Gasteiger charge is -2.16. The molecule has 1 atom stereocenters. The monoisotopic (exact) mass is 388 g/mol. The molecule has 144 valence electrons. The predicted molar refractivity (Wildman–Crippen MR) is 100 cm³/mol. The summed E-state index contributed by atoms with van der Waals surface area (Å²) in [4.78, 5) is 14.7. The molecule has 1 aromatic carbocycles. The molecule has 2 heterocycles. The van der Waals surface area contributed by atoms with Gasteiger partial charge in [-0.25, -0.2) is 13.1 Å². The molecule has 27 heavy (non-hydrogen) atoms. The average Bonchev–Trinajstić information content (AvgIpc) is 3.18. The lowest BCUT2D eigenvalue weighted by Crippen LogP contribution is -2.29. The van der Waals surface area contributed by atoms with Gasteiger partial charge in [0.1, 0.15) is 0 Å². The van der Waals surface area contributed by atoms with Gasteiger partial charge in [0.2, 0.25) is 5.91 Å². The molecule has 1 amide bonds. The summed E-state index contributed by atoms with van der Waals surface area (Å²) >= 11 is 0. The van der Waals surface area contributed by atoms with Crippen molar-refractivity contribution in [3.63, 3.8) is 0 Å². The van der Waals surface area contributed by atoms with Crippen LogP contribution in [0.2, 0.25) is 0 Å². The van der Waals surface area contributed by atoms with Gasteiger partial charge in [0.15, 0.2) is 9.84 Å². The topological polar surface area (TPSA) is 85.2 Å². The van der Waals surface area contributed by atoms with Crippen LogP contribution in [0, 0.1) is 0 Å². The number of aryl methyl sites for hydroxylation is 1. The third-order valence-electron chi connectivity index (χ3n) is 5.39. The van der Waals surface area contributed by atoms with Crippen LogP contribution in [-0.2, 0) is 21.1 Å². The second-order valence-electron chi connectivity index (χ2n) is 7.60. The zero-order valence-electron chi connectivity index (χ0n) is 15.4. The second kappa shape index (κ2) is 7.07. The van der Waals surface area contributed by atoms with Crippen molar-refractivity contribution in [1.82, 2.24) is 19.9 Å². The first kappa shape index (κ1) is 18.2. The first-order valence-corrected chi connectivity index (χ1v) is 11.3. The number of sulfone groups is 1. The molecule has 1 aliphatic heterocycles. The number of nitrogens with zero attached hydrogens (tertiary/aromatic N) is 4. The molecule has 0 bridgehead atoms. The van der Waals surface area contributed by atoms with Crippen molar-refractivity contribution in [2.45, 2.75) is 49.0 Å². The fraction of sp³-hybridized carbons (Fsp3) is 0.526. The Morgan fingerprint density at radius 1 is 1.19 bits per heavy atom. The highest BCUT2D eigenvalue weighted by molar-refractivity contribution is 7.90. The van der Waals surface area contributed by atoms with E-state index in [0.717, 1.165) is 24.2 Å². The summed E-state index contributed by atoms with van der Waals surface area (Å²) < 4.78 is 24.9. The molecule has 1 saturated carbocycles. The van der Waals surface area contributed by atoms with Gasteiger partial charge in [-0.3, -0.25) is 4.79 Å². The van der Waals surface area contributed by atoms with Gasteiger partial charge in [-0.2, -0.15) is 0 Å². The van der Waals surface area contributed by atoms with Crippen LogP contribution in [0.4, 0.5) is 0 Å². The Labute approximate surface area is 159 Å². The minimum absolute atomic E-state index is 0.132. The molecule has 0 unspecified atom stereocenters. The molecule has 1 aliphatic carbocycles. The van der Waals surface area contributed by atoms with Gasteiger partial charge < -0.3 is 4.90 Å². The minimum Gasteiger partial charge on any atom is -0.340 e. The summed E-state index contributed by atoms with van der Waals surface area (Å²) in [5, 5.41) is 8.51. The van der Waals surface area contributed by atoms with Crippen LogP contribution in [0.1, 0.15) is 48.9 Å². The smallest absolute Gasteiger partial charge is 0.222 e. The van der Waals surface area contributed by atoms with E-state index in [1.54, 1.807) is 24.3 Å². The van der Waals surface area contributed by atoms with Gasteiger partial charge in [-0.15, -0.1) is 5.10 Å². The molecule has 2 aromatic rings. The quantitative estimate of drug-likeness (QED) is 0.755. The van der Waals surface area contributed by atoms with Crippen molar-refractivity contribution in [2.24, 2.45) is 0 Å². The normalized spacial score (nSPS) is 20.2. The molecule has 0 spiro atoms. The highest BCUT2D eigenvalue weighted by Gasteiger charge is 2.31. The number of benzene rings is 1. The SMILES string of the molecule is CS(=O)(=O)c1ccc(CCC(=O)N2CC[C@H](n3cc(C4CC4)nn3)C2)cc1. The van der Waals surface area contributed by atoms with Crippen molar-refractivity contribution in [3.8, 4) is 0 Å². The fourth-order valence-corrected chi connectivity index (χ4v) is 4.16. The first-order chi connectivity index (χ1) is 12.9. The van der Waals surface area contributed by atoms with Crippen molar-refractivity contribution in [1.29, 1.82) is 0 Å². The number of amides is 1. The minimum atomic E-state index is -3.18. The number of rotatable bonds is 6. The van der Waals surface area contributed by atoms with E-state index >= 15 is 0 Å². The molecule has 2 fully saturated rings. The molecule has 2 aliphatic rings. The molecule has 0 radical (unpaired) electrons. The maximum Gasteiger partial charge on any atom is 0.222 e. The number of aromatic nitrogens is 3. The molecule has 8 heteroatoms. The van der Waals surface area contributed by atoms with Crippen LogP contribution < -0.4 is 0 Å². The standard InChI is InChI=1S/C19H24N4O3S/c1-27(25,26)17-7-2-14(3-8-17)4-9-19(24)22-11-10-16(12-22)23-13-18(20-21-23)15-5-6-15/h2-3,7-8,13,15-16H,4-6,9-12H2,1H3/t16-/m0/s1. The summed E-state index contributed by atoms with van der Waals surface area (Å²) in [5.41, 5.74) is 2.05. The molecular formula is C19H24N4O3S. The summed E-state index contributed by atoms with van der Waals surface area (Å²) in [6.07, 6.45) is 7.59. The number of carbonyl (C=O) groups excluding carboxylic acids is 1. The summed E-state index contributed by atoms with van der Waals surface area (Å²) in [6, 6.07) is 6.98. The molecule has 1 aromatic heterocycles. The van der Waals surface area contributed by atoms with Crippen LogP contribution in [0.3, 0.4) is 0 Å². The van der Waals surface area contributed by atoms with Crippen molar-refractivity contribution in [2.75, 3.05) is 19.3 Å². The van der Waals surface area contributed by atoms with Crippen LogP contribution in [0.25, 0.3) is 0 Å². The Hall–Kier alpha value is -2.22. The Kier molecular flexibility index (Phi) is 4.75. The largest absolute Gasteiger partial charge is 0.340 e. The molecule has 0 N–H and O–H groups in total. The van der Waals surface area contributed by atoms with E-state index in [-0.39, 0.29) is 11.9 Å². The van der Waals surface area contributed by atoms with Crippen LogP contribution >= 0.6 is 0 Å². The highest BCUT2D eigenvalue weighted by atomic mass is 32.2. The average molecular weight is 388 g/mol. The predicted octanol–water partition coefficient (Wildman–Crippen LogP) is 1.97. The maximum absolute atomic E-state index is 12.5. The Balaban J connectivity index is 1.29. The fourth-order valence-electron chi connectivity index (χ4n) is 3.53. The van der Waals surface area contributed by atoms with E-state index in [1.165, 1.54) is 19.1 Å². The number of likely N-dealkylation sites (tertiary alicyclic amines) is 1. The zero-order valence-corrected chi connectivity index (χ0v) is 16.2. The molecule has 4 rings (SSSR count). The first-order valence-electron chi connectivity index (χ1n) is 9.38. The molecule has 1 saturated heterocycles. The van der Waals surface area contributed by atoms with Gasteiger partial charge in [0.25, 0.3) is 0 Å². The number of hydrogen-bond donors (Lipinski definition) is 0. The van der Waals surface area contributed by atoms with E-state index in [4.69, 9.17) is 0 Å². The van der Waals surface area contributed by atoms with E-state index in [9.17, 15) is 13.2 Å². The van der Waals surface area contributed by atoms with Crippen molar-refractivity contribution < 1.29 is 13.2 Å². The number of carbonyl (C=O) groups is 1. The van der Waals surface area contributed by atoms with Gasteiger partial charge >= 0.3 is 0 Å². The maximum atomic E-state index is 12.5. The van der Waals surface area contributed by atoms with E-state index in [1.807, 2.05) is 15.8 Å². The van der Waals surface area contributed by atoms with E-state index in [2.05, 4.69) is 10.3 Å². The van der Waals surface area contributed by atoms with Gasteiger partial charge in [-0.1, -0.05) is 17.3 Å². The third-order valence-corrected chi connectivity index (χ3v) is 6.52. The molecule has 7 nitrogen and oxygen atoms in total. The summed E-state index contributed by atoms with van der Waals surface area (Å²) in [7, 11) is -3.18. The van der Waals surface area contributed by atoms with Crippen LogP contribution in [-0.4, -0.2) is 53.6 Å². The second-order valence-corrected chi connectivity index (χ2v) is 9.61. The van der Waals surface area contributed by atoms with Crippen molar-refractivity contribution in [3.05, 3.63) is 41.7 Å². The lowest BCUT2D eigenvalue weighted by atomic mass is 10.1. The Morgan fingerprint density at radius 2 is 1.93 bits per heavy atom. The van der Waals surface area contributed by atoms with Gasteiger partial charge in [0, 0.05) is 37.9 Å². The Bertz CT molecular complexity index is 932. The van der Waals surface area contributed by atoms with E-state index < -0.39 is 9.84 Å². The van der Waals surface area contributed by atoms with Gasteiger partial charge in [0.05, 0.1) is 16.6 Å². The van der Waals surface area contributed by atoms with Crippen LogP contribution in [0.15, 0.2) is 35.4 Å². The summed E-state index contributed by atoms with van der Waals surface area (Å²) in [5.74, 6) is 0.721. The van der Waals surface area contributed by atoms with Gasteiger partial charge in [-0.05, 0) is 43.4 Å². The van der Waals surface area contributed by atoms with Crippen molar-refractivity contribution >= 4 is 15.7 Å². The lowest BCUT2D eigenvalue weighted by molar-refractivity contribution is -0.130. The summed E-state index contributed by atoms with van der Waals surface area (Å²) in [6.45, 7) is 1.43. The molecular weight excluding hydrogens is 364 g/mol. The highest BCUT2D eigenvalue weighted by Crippen LogP contribution is 2.39. The number of hydrogen-bond acceptors (Lipinski definition) is 5. The zero-order chi connectivity index (χ0) is 19.0. The Morgan fingerprint density at radius 3 is 2.59 bits per heavy atom. The van der Waals surface area contributed by atoms with E-state index in [0.29, 0.717) is 30.2 Å². The third kappa shape index (κ3) is 4.21.